The van der Waals surface area contributed by atoms with E-state index < -0.39 is 0 Å². The minimum absolute atomic E-state index is 0.00752. The molecule has 0 N–H and O–H groups in total. The Labute approximate surface area is 84.8 Å². The summed E-state index contributed by atoms with van der Waals surface area (Å²) in [7, 11) is 0. The summed E-state index contributed by atoms with van der Waals surface area (Å²) < 4.78 is 4.50. The zero-order valence-electron chi connectivity index (χ0n) is 8.97. The minimum Gasteiger partial charge on any atom is -0.393 e. The molecule has 0 atom stereocenters. The van der Waals surface area contributed by atoms with Gasteiger partial charge in [0.2, 0.25) is 0 Å². The molecule has 14 heavy (non-hydrogen) atoms. The molecule has 0 radical (unpaired) electrons. The predicted molar refractivity (Wildman–Crippen MR) is 52.6 cm³/mol. The highest BCUT2D eigenvalue weighted by atomic mass is 16.6. The average molecular weight is 198 g/mol. The van der Waals surface area contributed by atoms with Gasteiger partial charge in [-0.3, -0.25) is 9.59 Å². The lowest BCUT2D eigenvalue weighted by Gasteiger charge is -2.30. The van der Waals surface area contributed by atoms with E-state index in [0.29, 0.717) is 12.8 Å². The molecule has 1 aliphatic heterocycles. The van der Waals surface area contributed by atoms with E-state index in [2.05, 4.69) is 4.74 Å². The highest BCUT2D eigenvalue weighted by Crippen LogP contribution is 2.46. The van der Waals surface area contributed by atoms with Gasteiger partial charge >= 0.3 is 11.9 Å². The van der Waals surface area contributed by atoms with Gasteiger partial charge in [-0.2, -0.15) is 0 Å². The highest BCUT2D eigenvalue weighted by molar-refractivity contribution is 5.89. The van der Waals surface area contributed by atoms with Crippen molar-refractivity contribution in [3.63, 3.8) is 0 Å². The molecule has 2 rings (SSSR count). The molecule has 0 aromatic carbocycles. The molecule has 0 bridgehead atoms. The van der Waals surface area contributed by atoms with Gasteiger partial charge in [-0.05, 0) is 18.3 Å². The van der Waals surface area contributed by atoms with Gasteiger partial charge in [0.05, 0.1) is 12.8 Å². The fourth-order valence-electron chi connectivity index (χ4n) is 2.35. The molecule has 1 heterocycles. The molecule has 0 unspecified atom stereocenters. The lowest BCUT2D eigenvalue weighted by molar-refractivity contribution is -0.169. The summed E-state index contributed by atoms with van der Waals surface area (Å²) in [5.74, 6) is -0.652. The number of ether oxygens (including phenoxy) is 1. The van der Waals surface area contributed by atoms with Crippen LogP contribution in [0.1, 0.15) is 52.4 Å². The Morgan fingerprint density at radius 2 is 1.43 bits per heavy atom. The van der Waals surface area contributed by atoms with E-state index in [1.165, 1.54) is 0 Å². The Hall–Kier alpha value is -0.860. The molecule has 0 aromatic rings. The average Bonchev–Trinajstić information content (AvgIpc) is 2.54. The van der Waals surface area contributed by atoms with Gasteiger partial charge in [0.25, 0.3) is 0 Å². The van der Waals surface area contributed by atoms with Crippen LogP contribution in [0.3, 0.4) is 0 Å². The van der Waals surface area contributed by atoms with Crippen LogP contribution in [0.4, 0.5) is 0 Å². The lowest BCUT2D eigenvalue weighted by Crippen LogP contribution is -2.33. The maximum Gasteiger partial charge on any atom is 0.314 e. The number of hydrogen-bond acceptors (Lipinski definition) is 3. The van der Waals surface area contributed by atoms with Crippen LogP contribution in [0.15, 0.2) is 0 Å². The number of cyclic esters (lactones) is 2. The molecule has 3 heteroatoms. The van der Waals surface area contributed by atoms with Gasteiger partial charge in [0.1, 0.15) is 0 Å². The molecule has 1 saturated carbocycles. The van der Waals surface area contributed by atoms with E-state index >= 15 is 0 Å². The van der Waals surface area contributed by atoms with Gasteiger partial charge in [0.15, 0.2) is 0 Å². The van der Waals surface area contributed by atoms with E-state index in [4.69, 9.17) is 0 Å². The predicted octanol–water partition coefficient (Wildman–Crippen LogP) is 2.44. The summed E-state index contributed by atoms with van der Waals surface area (Å²) in [5.41, 5.74) is -0.00752. The normalized spacial score (nSPS) is 24.1. The smallest absolute Gasteiger partial charge is 0.314 e. The largest absolute Gasteiger partial charge is 0.393 e. The molecule has 3 nitrogen and oxygen atoms in total. The highest BCUT2D eigenvalue weighted by Gasteiger charge is 2.42. The van der Waals surface area contributed by atoms with Gasteiger partial charge in [-0.25, -0.2) is 0 Å². The quantitative estimate of drug-likeness (QED) is 0.443. The van der Waals surface area contributed by atoms with Crippen LogP contribution >= 0.6 is 0 Å². The third-order valence-electron chi connectivity index (χ3n) is 2.93. The zero-order valence-corrected chi connectivity index (χ0v) is 8.97. The second-order valence-electron chi connectivity index (χ2n) is 3.91. The first-order valence-corrected chi connectivity index (χ1v) is 5.44. The Balaban J connectivity index is 0.000000461. The minimum atomic E-state index is -0.326. The molecule has 2 fully saturated rings. The van der Waals surface area contributed by atoms with E-state index in [1.807, 2.05) is 13.8 Å². The van der Waals surface area contributed by atoms with E-state index in [-0.39, 0.29) is 17.4 Å². The zero-order chi connectivity index (χ0) is 10.6. The van der Waals surface area contributed by atoms with Crippen LogP contribution in [0.25, 0.3) is 0 Å². The summed E-state index contributed by atoms with van der Waals surface area (Å²) in [6.07, 6.45) is 5.26. The second-order valence-corrected chi connectivity index (χ2v) is 3.91. The third-order valence-corrected chi connectivity index (χ3v) is 2.93. The monoisotopic (exact) mass is 198 g/mol. The van der Waals surface area contributed by atoms with Crippen LogP contribution in [0, 0.1) is 5.41 Å². The SMILES string of the molecule is CC.O=C1CC2(CCCC2)CC(=O)O1. The fraction of sp³-hybridized carbons (Fsp3) is 0.818. The topological polar surface area (TPSA) is 43.4 Å². The Morgan fingerprint density at radius 1 is 1.00 bits per heavy atom. The van der Waals surface area contributed by atoms with Crippen LogP contribution in [-0.4, -0.2) is 11.9 Å². The first-order chi connectivity index (χ1) is 6.70. The van der Waals surface area contributed by atoms with E-state index in [9.17, 15) is 9.59 Å². The molecule has 1 aliphatic carbocycles. The second kappa shape index (κ2) is 4.58. The van der Waals surface area contributed by atoms with Crippen molar-refractivity contribution in [1.29, 1.82) is 0 Å². The van der Waals surface area contributed by atoms with E-state index in [1.54, 1.807) is 0 Å². The lowest BCUT2D eigenvalue weighted by atomic mass is 9.78. The summed E-state index contributed by atoms with van der Waals surface area (Å²) >= 11 is 0. The fourth-order valence-corrected chi connectivity index (χ4v) is 2.35. The molecule has 1 spiro atoms. The number of hydrogen-bond donors (Lipinski definition) is 0. The van der Waals surface area contributed by atoms with Crippen LogP contribution in [0.5, 0.6) is 0 Å². The molecule has 0 aromatic heterocycles. The van der Waals surface area contributed by atoms with Crippen LogP contribution in [-0.2, 0) is 14.3 Å². The summed E-state index contributed by atoms with van der Waals surface area (Å²) in [6, 6.07) is 0. The van der Waals surface area contributed by atoms with E-state index in [0.717, 1.165) is 25.7 Å². The molecule has 80 valence electrons. The Bertz CT molecular complexity index is 209. The van der Waals surface area contributed by atoms with Crippen molar-refractivity contribution in [3.8, 4) is 0 Å². The summed E-state index contributed by atoms with van der Waals surface area (Å²) in [6.45, 7) is 4.00. The summed E-state index contributed by atoms with van der Waals surface area (Å²) in [5, 5.41) is 0. The van der Waals surface area contributed by atoms with Crippen LogP contribution < -0.4 is 0 Å². The van der Waals surface area contributed by atoms with Gasteiger partial charge in [-0.15, -0.1) is 0 Å². The molecule has 0 amide bonds. The van der Waals surface area contributed by atoms with Crippen molar-refractivity contribution < 1.29 is 14.3 Å². The van der Waals surface area contributed by atoms with Gasteiger partial charge in [-0.1, -0.05) is 26.7 Å². The summed E-state index contributed by atoms with van der Waals surface area (Å²) in [4.78, 5) is 22.0. The molecule has 1 saturated heterocycles. The molecular weight excluding hydrogens is 180 g/mol. The maximum absolute atomic E-state index is 11.0. The standard InChI is InChI=1S/C9H12O3.C2H6/c10-7-5-9(3-1-2-4-9)6-8(11)12-7;1-2/h1-6H2;1-2H3. The number of rotatable bonds is 0. The molecular formula is C11H18O3. The van der Waals surface area contributed by atoms with Crippen molar-refractivity contribution >= 4 is 11.9 Å². The molecule has 2 aliphatic rings. The number of carbonyl (C=O) groups excluding carboxylic acids is 2. The van der Waals surface area contributed by atoms with Crippen molar-refractivity contribution in [3.05, 3.63) is 0 Å². The first kappa shape index (κ1) is 11.2. The maximum atomic E-state index is 11.0. The third kappa shape index (κ3) is 2.34. The van der Waals surface area contributed by atoms with Crippen LogP contribution in [0.2, 0.25) is 0 Å². The Kier molecular flexibility index (Phi) is 3.67. The van der Waals surface area contributed by atoms with Crippen molar-refractivity contribution in [2.24, 2.45) is 5.41 Å². The van der Waals surface area contributed by atoms with Crippen molar-refractivity contribution in [1.82, 2.24) is 0 Å². The van der Waals surface area contributed by atoms with Crippen molar-refractivity contribution in [2.45, 2.75) is 52.4 Å². The Morgan fingerprint density at radius 3 is 1.86 bits per heavy atom. The van der Waals surface area contributed by atoms with Gasteiger partial charge < -0.3 is 4.74 Å². The first-order valence-electron chi connectivity index (χ1n) is 5.44. The number of esters is 2. The number of carbonyl (C=O) groups is 2. The van der Waals surface area contributed by atoms with Gasteiger partial charge in [0, 0.05) is 0 Å². The van der Waals surface area contributed by atoms with Crippen molar-refractivity contribution in [2.75, 3.05) is 0 Å².